The second kappa shape index (κ2) is 9.11. The van der Waals surface area contributed by atoms with E-state index in [-0.39, 0.29) is 6.61 Å². The van der Waals surface area contributed by atoms with Gasteiger partial charge in [0.1, 0.15) is 11.6 Å². The van der Waals surface area contributed by atoms with Crippen LogP contribution in [-0.2, 0) is 6.42 Å². The van der Waals surface area contributed by atoms with Gasteiger partial charge in [-0.2, -0.15) is 0 Å². The molecule has 2 aliphatic heterocycles. The van der Waals surface area contributed by atoms with Crippen LogP contribution in [0, 0.1) is 24.7 Å². The van der Waals surface area contributed by atoms with Gasteiger partial charge >= 0.3 is 0 Å². The molecule has 1 aromatic heterocycles. The van der Waals surface area contributed by atoms with E-state index >= 15 is 0 Å². The predicted octanol–water partition coefficient (Wildman–Crippen LogP) is 1.49. The van der Waals surface area contributed by atoms with Crippen LogP contribution < -0.4 is 4.90 Å². The smallest absolute Gasteiger partial charge is 0.132 e. The van der Waals surface area contributed by atoms with Gasteiger partial charge in [0.05, 0.1) is 0 Å². The van der Waals surface area contributed by atoms with Gasteiger partial charge in [-0.05, 0) is 51.1 Å². The molecular formula is C20H34N4O2. The maximum atomic E-state index is 9.89. The molecule has 1 aromatic rings. The second-order valence-electron chi connectivity index (χ2n) is 8.07. The number of aromatic nitrogens is 2. The first-order valence-corrected chi connectivity index (χ1v) is 10.2. The fourth-order valence-corrected chi connectivity index (χ4v) is 4.33. The molecule has 3 rings (SSSR count). The summed E-state index contributed by atoms with van der Waals surface area (Å²) in [6.07, 6.45) is 4.13. The molecule has 0 spiro atoms. The zero-order valence-electron chi connectivity index (χ0n) is 16.3. The predicted molar refractivity (Wildman–Crippen MR) is 103 cm³/mol. The number of rotatable bonds is 7. The van der Waals surface area contributed by atoms with Gasteiger partial charge in [-0.15, -0.1) is 0 Å². The lowest BCUT2D eigenvalue weighted by Gasteiger charge is -2.33. The number of piperidine rings is 1. The molecule has 0 amide bonds. The van der Waals surface area contributed by atoms with E-state index in [0.29, 0.717) is 24.4 Å². The quantitative estimate of drug-likeness (QED) is 0.766. The SMILES string of the molecule is CCCc1nc(C)cc(N2C[C@@H](CN3CCC(CO)CC3)[C@@H](CO)C2)n1. The Labute approximate surface area is 157 Å². The van der Waals surface area contributed by atoms with Crippen LogP contribution in [0.4, 0.5) is 5.82 Å². The number of hydrogen-bond acceptors (Lipinski definition) is 6. The number of aliphatic hydroxyl groups is 2. The van der Waals surface area contributed by atoms with Gasteiger partial charge in [-0.1, -0.05) is 6.92 Å². The molecule has 146 valence electrons. The highest BCUT2D eigenvalue weighted by atomic mass is 16.3. The summed E-state index contributed by atoms with van der Waals surface area (Å²) in [6, 6.07) is 2.07. The van der Waals surface area contributed by atoms with Crippen molar-refractivity contribution in [1.82, 2.24) is 14.9 Å². The molecule has 0 aromatic carbocycles. The summed E-state index contributed by atoms with van der Waals surface area (Å²) in [5, 5.41) is 19.2. The van der Waals surface area contributed by atoms with Crippen LogP contribution in [-0.4, -0.2) is 71.0 Å². The third kappa shape index (κ3) is 4.72. The van der Waals surface area contributed by atoms with Crippen molar-refractivity contribution < 1.29 is 10.2 Å². The molecule has 26 heavy (non-hydrogen) atoms. The molecule has 2 N–H and O–H groups in total. The molecule has 0 saturated carbocycles. The number of aryl methyl sites for hydroxylation is 2. The van der Waals surface area contributed by atoms with Crippen LogP contribution in [0.1, 0.15) is 37.7 Å². The number of aliphatic hydroxyl groups excluding tert-OH is 2. The van der Waals surface area contributed by atoms with Crippen molar-refractivity contribution in [3.05, 3.63) is 17.6 Å². The van der Waals surface area contributed by atoms with Crippen LogP contribution in [0.5, 0.6) is 0 Å². The van der Waals surface area contributed by atoms with Crippen molar-refractivity contribution in [3.8, 4) is 0 Å². The normalized spacial score (nSPS) is 25.2. The molecule has 0 radical (unpaired) electrons. The summed E-state index contributed by atoms with van der Waals surface area (Å²) in [5.41, 5.74) is 1.02. The zero-order chi connectivity index (χ0) is 18.5. The summed E-state index contributed by atoms with van der Waals surface area (Å²) in [6.45, 7) is 9.72. The van der Waals surface area contributed by atoms with Crippen molar-refractivity contribution in [2.75, 3.05) is 50.8 Å². The van der Waals surface area contributed by atoms with Crippen LogP contribution in [0.3, 0.4) is 0 Å². The van der Waals surface area contributed by atoms with Crippen LogP contribution in [0.25, 0.3) is 0 Å². The monoisotopic (exact) mass is 362 g/mol. The lowest BCUT2D eigenvalue weighted by molar-refractivity contribution is 0.106. The Kier molecular flexibility index (Phi) is 6.84. The molecule has 0 aliphatic carbocycles. The summed E-state index contributed by atoms with van der Waals surface area (Å²) in [4.78, 5) is 14.2. The Bertz CT molecular complexity index is 575. The van der Waals surface area contributed by atoms with E-state index < -0.39 is 0 Å². The largest absolute Gasteiger partial charge is 0.396 e. The summed E-state index contributed by atoms with van der Waals surface area (Å²) in [7, 11) is 0. The summed E-state index contributed by atoms with van der Waals surface area (Å²) >= 11 is 0. The molecule has 2 fully saturated rings. The Balaban J connectivity index is 1.63. The first-order valence-electron chi connectivity index (χ1n) is 10.2. The minimum atomic E-state index is 0.236. The molecular weight excluding hydrogens is 328 g/mol. The lowest BCUT2D eigenvalue weighted by Crippen LogP contribution is -2.40. The summed E-state index contributed by atoms with van der Waals surface area (Å²) < 4.78 is 0. The maximum absolute atomic E-state index is 9.89. The van der Waals surface area contributed by atoms with E-state index in [4.69, 9.17) is 4.98 Å². The molecule has 0 bridgehead atoms. The van der Waals surface area contributed by atoms with Crippen molar-refractivity contribution in [2.45, 2.75) is 39.5 Å². The first kappa shape index (κ1) is 19.5. The molecule has 6 nitrogen and oxygen atoms in total. The second-order valence-corrected chi connectivity index (χ2v) is 8.07. The molecule has 6 heteroatoms. The Hall–Kier alpha value is -1.24. The Morgan fingerprint density at radius 3 is 2.46 bits per heavy atom. The standard InChI is InChI=1S/C20H34N4O2/c1-3-4-19-21-15(2)9-20(22-19)24-11-17(18(12-24)14-26)10-23-7-5-16(13-25)6-8-23/h9,16-18,25-26H,3-8,10-14H2,1-2H3/t17-,18-/m1/s1. The van der Waals surface area contributed by atoms with Gasteiger partial charge in [0.25, 0.3) is 0 Å². The lowest BCUT2D eigenvalue weighted by atomic mass is 9.93. The summed E-state index contributed by atoms with van der Waals surface area (Å²) in [5.74, 6) is 3.19. The van der Waals surface area contributed by atoms with Gasteiger partial charge in [0, 0.05) is 56.9 Å². The fraction of sp³-hybridized carbons (Fsp3) is 0.800. The third-order valence-electron chi connectivity index (χ3n) is 5.95. The molecule has 3 heterocycles. The highest BCUT2D eigenvalue weighted by Crippen LogP contribution is 2.29. The van der Waals surface area contributed by atoms with Gasteiger partial charge in [-0.25, -0.2) is 9.97 Å². The minimum absolute atomic E-state index is 0.236. The third-order valence-corrected chi connectivity index (χ3v) is 5.95. The van der Waals surface area contributed by atoms with Crippen molar-refractivity contribution in [3.63, 3.8) is 0 Å². The number of likely N-dealkylation sites (tertiary alicyclic amines) is 1. The number of anilines is 1. The van der Waals surface area contributed by atoms with E-state index in [1.165, 1.54) is 0 Å². The van der Waals surface area contributed by atoms with Crippen molar-refractivity contribution >= 4 is 5.82 Å². The van der Waals surface area contributed by atoms with E-state index in [1.54, 1.807) is 0 Å². The zero-order valence-corrected chi connectivity index (χ0v) is 16.3. The average molecular weight is 363 g/mol. The van der Waals surface area contributed by atoms with Crippen molar-refractivity contribution in [2.24, 2.45) is 17.8 Å². The van der Waals surface area contributed by atoms with E-state index in [1.807, 2.05) is 6.92 Å². The number of hydrogen-bond donors (Lipinski definition) is 2. The minimum Gasteiger partial charge on any atom is -0.396 e. The van der Waals surface area contributed by atoms with E-state index in [0.717, 1.165) is 75.7 Å². The maximum Gasteiger partial charge on any atom is 0.132 e. The van der Waals surface area contributed by atoms with Gasteiger partial charge in [0.2, 0.25) is 0 Å². The highest BCUT2D eigenvalue weighted by molar-refractivity contribution is 5.41. The molecule has 2 atom stereocenters. The Morgan fingerprint density at radius 2 is 1.81 bits per heavy atom. The molecule has 0 unspecified atom stereocenters. The van der Waals surface area contributed by atoms with Gasteiger partial charge in [0.15, 0.2) is 0 Å². The number of nitrogens with zero attached hydrogens (tertiary/aromatic N) is 4. The van der Waals surface area contributed by atoms with E-state index in [9.17, 15) is 10.2 Å². The average Bonchev–Trinajstić information content (AvgIpc) is 3.05. The molecule has 2 aliphatic rings. The van der Waals surface area contributed by atoms with Crippen LogP contribution in [0.15, 0.2) is 6.07 Å². The molecule has 2 saturated heterocycles. The van der Waals surface area contributed by atoms with Crippen molar-refractivity contribution in [1.29, 1.82) is 0 Å². The first-order chi connectivity index (χ1) is 12.6. The van der Waals surface area contributed by atoms with Crippen LogP contribution in [0.2, 0.25) is 0 Å². The van der Waals surface area contributed by atoms with E-state index in [2.05, 4.69) is 27.8 Å². The van der Waals surface area contributed by atoms with Gasteiger partial charge < -0.3 is 20.0 Å². The van der Waals surface area contributed by atoms with Crippen LogP contribution >= 0.6 is 0 Å². The topological polar surface area (TPSA) is 72.7 Å². The Morgan fingerprint density at radius 1 is 1.08 bits per heavy atom. The fourth-order valence-electron chi connectivity index (χ4n) is 4.33. The van der Waals surface area contributed by atoms with Gasteiger partial charge in [-0.3, -0.25) is 0 Å². The highest BCUT2D eigenvalue weighted by Gasteiger charge is 2.35.